The van der Waals surface area contributed by atoms with Gasteiger partial charge in [0.15, 0.2) is 11.9 Å². The molecule has 0 bridgehead atoms. The molecule has 0 unspecified atom stereocenters. The van der Waals surface area contributed by atoms with E-state index in [1.807, 2.05) is 0 Å². The summed E-state index contributed by atoms with van der Waals surface area (Å²) in [6.45, 7) is 3.02. The Labute approximate surface area is 130 Å². The Kier molecular flexibility index (Phi) is 4.77. The molecule has 0 fully saturated rings. The number of rotatable bonds is 4. The molecule has 0 saturated carbocycles. The summed E-state index contributed by atoms with van der Waals surface area (Å²) in [6, 6.07) is 5.03. The lowest BCUT2D eigenvalue weighted by atomic mass is 10.2. The summed E-state index contributed by atoms with van der Waals surface area (Å²) in [5.74, 6) is -1.69. The van der Waals surface area contributed by atoms with Crippen LogP contribution in [0.1, 0.15) is 23.0 Å². The number of nitrogens with zero attached hydrogens (tertiary/aromatic N) is 1. The van der Waals surface area contributed by atoms with Crippen LogP contribution in [0.3, 0.4) is 0 Å². The van der Waals surface area contributed by atoms with E-state index in [0.29, 0.717) is 5.76 Å². The van der Waals surface area contributed by atoms with Gasteiger partial charge in [0.2, 0.25) is 0 Å². The summed E-state index contributed by atoms with van der Waals surface area (Å²) < 4.78 is 23.3. The van der Waals surface area contributed by atoms with Gasteiger partial charge in [0.1, 0.15) is 11.6 Å². The summed E-state index contributed by atoms with van der Waals surface area (Å²) in [7, 11) is 0. The van der Waals surface area contributed by atoms with Gasteiger partial charge in [0.25, 0.3) is 5.91 Å². The maximum Gasteiger partial charge on any atom is 0.341 e. The van der Waals surface area contributed by atoms with Crippen molar-refractivity contribution < 1.29 is 23.2 Å². The van der Waals surface area contributed by atoms with Crippen LogP contribution in [0.2, 0.25) is 5.02 Å². The zero-order valence-electron chi connectivity index (χ0n) is 11.7. The predicted octanol–water partition coefficient (Wildman–Crippen LogP) is 2.96. The smallest absolute Gasteiger partial charge is 0.341 e. The molecule has 22 heavy (non-hydrogen) atoms. The summed E-state index contributed by atoms with van der Waals surface area (Å²) in [5.41, 5.74) is -0.304. The van der Waals surface area contributed by atoms with Crippen molar-refractivity contribution in [3.8, 4) is 0 Å². The fraction of sp³-hybridized carbons (Fsp3) is 0.214. The molecule has 0 radical (unpaired) electrons. The van der Waals surface area contributed by atoms with Crippen LogP contribution in [0, 0.1) is 12.7 Å². The molecule has 1 aromatic carbocycles. The Morgan fingerprint density at radius 3 is 2.73 bits per heavy atom. The van der Waals surface area contributed by atoms with E-state index in [0.717, 1.165) is 6.07 Å². The number of anilines is 1. The fourth-order valence-corrected chi connectivity index (χ4v) is 1.74. The molecule has 8 heteroatoms. The maximum absolute atomic E-state index is 13.6. The van der Waals surface area contributed by atoms with E-state index in [1.54, 1.807) is 6.92 Å². The molecule has 0 aliphatic carbocycles. The van der Waals surface area contributed by atoms with Gasteiger partial charge in [0, 0.05) is 11.1 Å². The number of aryl methyl sites for hydroxylation is 1. The van der Waals surface area contributed by atoms with Gasteiger partial charge < -0.3 is 14.6 Å². The van der Waals surface area contributed by atoms with Crippen LogP contribution in [-0.2, 0) is 9.53 Å². The number of nitrogens with one attached hydrogen (secondary N) is 1. The van der Waals surface area contributed by atoms with Crippen LogP contribution < -0.4 is 5.32 Å². The Morgan fingerprint density at radius 1 is 1.41 bits per heavy atom. The molecule has 116 valence electrons. The summed E-state index contributed by atoms with van der Waals surface area (Å²) >= 11 is 5.60. The van der Waals surface area contributed by atoms with Crippen LogP contribution in [0.25, 0.3) is 0 Å². The monoisotopic (exact) mass is 326 g/mol. The molecule has 0 spiro atoms. The van der Waals surface area contributed by atoms with E-state index in [2.05, 4.69) is 10.5 Å². The quantitative estimate of drug-likeness (QED) is 0.873. The minimum absolute atomic E-state index is 0.154. The Hall–Kier alpha value is -2.41. The molecular weight excluding hydrogens is 315 g/mol. The third kappa shape index (κ3) is 3.82. The molecule has 6 nitrogen and oxygen atoms in total. The highest BCUT2D eigenvalue weighted by Crippen LogP contribution is 2.16. The van der Waals surface area contributed by atoms with Gasteiger partial charge in [-0.25, -0.2) is 9.18 Å². The molecule has 0 aliphatic heterocycles. The van der Waals surface area contributed by atoms with Crippen molar-refractivity contribution in [2.75, 3.05) is 5.32 Å². The average molecular weight is 327 g/mol. The van der Waals surface area contributed by atoms with Gasteiger partial charge in [-0.3, -0.25) is 4.79 Å². The van der Waals surface area contributed by atoms with Crippen molar-refractivity contribution >= 4 is 29.3 Å². The van der Waals surface area contributed by atoms with Crippen molar-refractivity contribution in [2.24, 2.45) is 0 Å². The standard InChI is InChI=1S/C14H12ClFN2O4/c1-7-5-12(18-22-7)17-13(19)8(2)21-14(20)10-4-3-9(15)6-11(10)16/h3-6,8H,1-2H3,(H,17,18,19)/t8-/m0/s1. The van der Waals surface area contributed by atoms with E-state index in [1.165, 1.54) is 25.1 Å². The van der Waals surface area contributed by atoms with Crippen LogP contribution in [0.15, 0.2) is 28.8 Å². The van der Waals surface area contributed by atoms with Crippen LogP contribution in [-0.4, -0.2) is 23.1 Å². The number of amides is 1. The number of carbonyl (C=O) groups excluding carboxylic acids is 2. The average Bonchev–Trinajstić information content (AvgIpc) is 2.83. The molecule has 1 amide bonds. The van der Waals surface area contributed by atoms with Crippen LogP contribution in [0.4, 0.5) is 10.2 Å². The molecule has 2 rings (SSSR count). The highest BCUT2D eigenvalue weighted by Gasteiger charge is 2.22. The second kappa shape index (κ2) is 6.57. The predicted molar refractivity (Wildman–Crippen MR) is 76.2 cm³/mol. The zero-order chi connectivity index (χ0) is 16.3. The Balaban J connectivity index is 1.99. The van der Waals surface area contributed by atoms with E-state index in [4.69, 9.17) is 20.9 Å². The van der Waals surface area contributed by atoms with Crippen molar-refractivity contribution in [1.29, 1.82) is 0 Å². The molecule has 1 atom stereocenters. The molecule has 1 heterocycles. The number of hydrogen-bond donors (Lipinski definition) is 1. The van der Waals surface area contributed by atoms with E-state index in [9.17, 15) is 14.0 Å². The fourth-order valence-electron chi connectivity index (χ4n) is 1.59. The van der Waals surface area contributed by atoms with Gasteiger partial charge >= 0.3 is 5.97 Å². The van der Waals surface area contributed by atoms with Gasteiger partial charge in [-0.05, 0) is 32.0 Å². The number of ether oxygens (including phenoxy) is 1. The second-order valence-corrected chi connectivity index (χ2v) is 4.92. The SMILES string of the molecule is Cc1cc(NC(=O)[C@H](C)OC(=O)c2ccc(Cl)cc2F)no1. The zero-order valence-corrected chi connectivity index (χ0v) is 12.5. The lowest BCUT2D eigenvalue weighted by Crippen LogP contribution is -2.30. The number of carbonyl (C=O) groups is 2. The largest absolute Gasteiger partial charge is 0.449 e. The number of esters is 1. The minimum atomic E-state index is -1.14. The lowest BCUT2D eigenvalue weighted by Gasteiger charge is -2.12. The number of halogens is 2. The van der Waals surface area contributed by atoms with Crippen molar-refractivity contribution in [2.45, 2.75) is 20.0 Å². The summed E-state index contributed by atoms with van der Waals surface area (Å²) in [5, 5.41) is 6.14. The van der Waals surface area contributed by atoms with Gasteiger partial charge in [-0.2, -0.15) is 0 Å². The molecular formula is C14H12ClFN2O4. The third-order valence-electron chi connectivity index (χ3n) is 2.68. The topological polar surface area (TPSA) is 81.4 Å². The van der Waals surface area contributed by atoms with Crippen LogP contribution >= 0.6 is 11.6 Å². The van der Waals surface area contributed by atoms with Gasteiger partial charge in [-0.1, -0.05) is 16.8 Å². The number of benzene rings is 1. The van der Waals surface area contributed by atoms with E-state index < -0.39 is 23.8 Å². The Morgan fingerprint density at radius 2 is 2.14 bits per heavy atom. The molecule has 1 aromatic heterocycles. The van der Waals surface area contributed by atoms with Crippen molar-refractivity contribution in [3.63, 3.8) is 0 Å². The van der Waals surface area contributed by atoms with Crippen molar-refractivity contribution in [1.82, 2.24) is 5.16 Å². The highest BCUT2D eigenvalue weighted by molar-refractivity contribution is 6.30. The highest BCUT2D eigenvalue weighted by atomic mass is 35.5. The second-order valence-electron chi connectivity index (χ2n) is 4.48. The van der Waals surface area contributed by atoms with Crippen LogP contribution in [0.5, 0.6) is 0 Å². The molecule has 1 N–H and O–H groups in total. The summed E-state index contributed by atoms with van der Waals surface area (Å²) in [6.07, 6.45) is -1.14. The minimum Gasteiger partial charge on any atom is -0.449 e. The van der Waals surface area contributed by atoms with Gasteiger partial charge in [-0.15, -0.1) is 0 Å². The normalized spacial score (nSPS) is 11.8. The Bertz CT molecular complexity index is 717. The van der Waals surface area contributed by atoms with Crippen molar-refractivity contribution in [3.05, 3.63) is 46.4 Å². The first-order chi connectivity index (χ1) is 10.4. The lowest BCUT2D eigenvalue weighted by molar-refractivity contribution is -0.123. The summed E-state index contributed by atoms with van der Waals surface area (Å²) in [4.78, 5) is 23.7. The number of hydrogen-bond acceptors (Lipinski definition) is 5. The first-order valence-corrected chi connectivity index (χ1v) is 6.65. The van der Waals surface area contributed by atoms with E-state index in [-0.39, 0.29) is 16.4 Å². The maximum atomic E-state index is 13.6. The third-order valence-corrected chi connectivity index (χ3v) is 2.92. The van der Waals surface area contributed by atoms with Gasteiger partial charge in [0.05, 0.1) is 5.56 Å². The first kappa shape index (κ1) is 16.0. The first-order valence-electron chi connectivity index (χ1n) is 6.27. The molecule has 0 aliphatic rings. The number of aromatic nitrogens is 1. The van der Waals surface area contributed by atoms with E-state index >= 15 is 0 Å². The molecule has 0 saturated heterocycles. The molecule has 2 aromatic rings.